The maximum absolute atomic E-state index is 12.1. The van der Waals surface area contributed by atoms with Crippen molar-refractivity contribution < 1.29 is 8.42 Å². The van der Waals surface area contributed by atoms with Crippen LogP contribution in [0.5, 0.6) is 0 Å². The lowest BCUT2D eigenvalue weighted by atomic mass is 10.1. The van der Waals surface area contributed by atoms with Crippen molar-refractivity contribution in [2.75, 3.05) is 0 Å². The molecule has 18 heavy (non-hydrogen) atoms. The summed E-state index contributed by atoms with van der Waals surface area (Å²) >= 11 is 5.79. The monoisotopic (exact) mass is 290 g/mol. The van der Waals surface area contributed by atoms with E-state index in [0.717, 1.165) is 25.7 Å². The smallest absolute Gasteiger partial charge is 0.243 e. The van der Waals surface area contributed by atoms with E-state index in [1.165, 1.54) is 12.3 Å². The van der Waals surface area contributed by atoms with E-state index in [-0.39, 0.29) is 16.1 Å². The van der Waals surface area contributed by atoms with Crippen molar-refractivity contribution in [3.8, 4) is 0 Å². The molecule has 0 saturated carbocycles. The van der Waals surface area contributed by atoms with Gasteiger partial charge in [0.05, 0.1) is 0 Å². The Morgan fingerprint density at radius 1 is 1.44 bits per heavy atom. The Bertz CT molecular complexity index is 477. The van der Waals surface area contributed by atoms with Crippen molar-refractivity contribution in [3.05, 3.63) is 23.5 Å². The van der Waals surface area contributed by atoms with Gasteiger partial charge in [-0.1, -0.05) is 37.8 Å². The Hall–Kier alpha value is -0.650. The summed E-state index contributed by atoms with van der Waals surface area (Å²) in [5.74, 6) is 0. The SMILES string of the molecule is CCCCCC(C)NS(=O)(=O)c1cccnc1Cl. The number of sulfonamides is 1. The standard InChI is InChI=1S/C12H19ClN2O2S/c1-3-4-5-7-10(2)15-18(16,17)11-8-6-9-14-12(11)13/h6,8-10,15H,3-5,7H2,1-2H3. The molecule has 0 bridgehead atoms. The van der Waals surface area contributed by atoms with E-state index in [4.69, 9.17) is 11.6 Å². The molecule has 1 atom stereocenters. The maximum Gasteiger partial charge on any atom is 0.243 e. The summed E-state index contributed by atoms with van der Waals surface area (Å²) in [4.78, 5) is 3.81. The summed E-state index contributed by atoms with van der Waals surface area (Å²) in [6.07, 6.45) is 5.53. The molecule has 0 radical (unpaired) electrons. The van der Waals surface area contributed by atoms with Gasteiger partial charge >= 0.3 is 0 Å². The van der Waals surface area contributed by atoms with E-state index < -0.39 is 10.0 Å². The minimum Gasteiger partial charge on any atom is -0.243 e. The van der Waals surface area contributed by atoms with E-state index in [1.807, 2.05) is 6.92 Å². The highest BCUT2D eigenvalue weighted by molar-refractivity contribution is 7.89. The lowest BCUT2D eigenvalue weighted by Gasteiger charge is -2.14. The van der Waals surface area contributed by atoms with Crippen molar-refractivity contribution in [2.24, 2.45) is 0 Å². The first-order valence-electron chi connectivity index (χ1n) is 6.10. The molecular weight excluding hydrogens is 272 g/mol. The van der Waals surface area contributed by atoms with Crippen LogP contribution >= 0.6 is 11.6 Å². The zero-order valence-electron chi connectivity index (χ0n) is 10.7. The van der Waals surface area contributed by atoms with Crippen LogP contribution in [0.3, 0.4) is 0 Å². The van der Waals surface area contributed by atoms with E-state index in [2.05, 4.69) is 16.6 Å². The average molecular weight is 291 g/mol. The van der Waals surface area contributed by atoms with Crippen LogP contribution < -0.4 is 4.72 Å². The van der Waals surface area contributed by atoms with Crippen LogP contribution in [0.15, 0.2) is 23.2 Å². The molecule has 1 N–H and O–H groups in total. The van der Waals surface area contributed by atoms with Crippen LogP contribution in [0.4, 0.5) is 0 Å². The van der Waals surface area contributed by atoms with Gasteiger partial charge in [-0.25, -0.2) is 18.1 Å². The second-order valence-electron chi connectivity index (χ2n) is 4.31. The summed E-state index contributed by atoms with van der Waals surface area (Å²) in [6, 6.07) is 2.91. The first-order chi connectivity index (χ1) is 8.47. The topological polar surface area (TPSA) is 59.1 Å². The van der Waals surface area contributed by atoms with Crippen LogP contribution in [0.1, 0.15) is 39.5 Å². The maximum atomic E-state index is 12.1. The molecule has 1 heterocycles. The normalized spacial score (nSPS) is 13.5. The van der Waals surface area contributed by atoms with Crippen LogP contribution in [0.2, 0.25) is 5.15 Å². The van der Waals surface area contributed by atoms with Gasteiger partial charge in [0.25, 0.3) is 0 Å². The van der Waals surface area contributed by atoms with Crippen LogP contribution in [0.25, 0.3) is 0 Å². The lowest BCUT2D eigenvalue weighted by Crippen LogP contribution is -2.32. The molecule has 0 aromatic carbocycles. The first kappa shape index (κ1) is 15.4. The Morgan fingerprint density at radius 3 is 2.78 bits per heavy atom. The summed E-state index contributed by atoms with van der Waals surface area (Å²) in [5, 5.41) is 0.00533. The van der Waals surface area contributed by atoms with Gasteiger partial charge in [-0.3, -0.25) is 0 Å². The third-order valence-electron chi connectivity index (χ3n) is 2.61. The lowest BCUT2D eigenvalue weighted by molar-refractivity contribution is 0.527. The molecule has 0 fully saturated rings. The van der Waals surface area contributed by atoms with Gasteiger partial charge in [0.1, 0.15) is 10.0 Å². The molecule has 1 rings (SSSR count). The Labute approximate surface area is 114 Å². The fourth-order valence-electron chi connectivity index (χ4n) is 1.66. The molecule has 0 amide bonds. The Balaban J connectivity index is 2.68. The van der Waals surface area contributed by atoms with Gasteiger partial charge in [-0.2, -0.15) is 0 Å². The van der Waals surface area contributed by atoms with E-state index in [9.17, 15) is 8.42 Å². The number of rotatable bonds is 7. The predicted octanol–water partition coefficient (Wildman–Crippen LogP) is 2.98. The summed E-state index contributed by atoms with van der Waals surface area (Å²) in [7, 11) is -3.57. The molecule has 0 aliphatic rings. The average Bonchev–Trinajstić information content (AvgIpc) is 2.29. The van der Waals surface area contributed by atoms with Crippen molar-refractivity contribution >= 4 is 21.6 Å². The third kappa shape index (κ3) is 4.55. The molecule has 0 aliphatic heterocycles. The molecule has 1 aromatic heterocycles. The van der Waals surface area contributed by atoms with Gasteiger partial charge in [-0.15, -0.1) is 0 Å². The second kappa shape index (κ2) is 7.07. The molecule has 0 spiro atoms. The van der Waals surface area contributed by atoms with Crippen molar-refractivity contribution in [1.29, 1.82) is 0 Å². The number of hydrogen-bond acceptors (Lipinski definition) is 3. The van der Waals surface area contributed by atoms with Crippen molar-refractivity contribution in [2.45, 2.75) is 50.5 Å². The molecule has 1 aromatic rings. The number of halogens is 1. The van der Waals surface area contributed by atoms with Gasteiger partial charge in [0.2, 0.25) is 10.0 Å². The highest BCUT2D eigenvalue weighted by Gasteiger charge is 2.20. The Kier molecular flexibility index (Phi) is 6.05. The molecule has 102 valence electrons. The first-order valence-corrected chi connectivity index (χ1v) is 7.96. The molecule has 0 aliphatic carbocycles. The minimum absolute atomic E-state index is 0.00533. The van der Waals surface area contributed by atoms with Crippen molar-refractivity contribution in [3.63, 3.8) is 0 Å². The quantitative estimate of drug-likeness (QED) is 0.620. The van der Waals surface area contributed by atoms with E-state index >= 15 is 0 Å². The zero-order valence-corrected chi connectivity index (χ0v) is 12.3. The fraction of sp³-hybridized carbons (Fsp3) is 0.583. The van der Waals surface area contributed by atoms with Crippen LogP contribution in [-0.4, -0.2) is 19.4 Å². The van der Waals surface area contributed by atoms with Gasteiger partial charge in [-0.05, 0) is 25.5 Å². The van der Waals surface area contributed by atoms with E-state index in [1.54, 1.807) is 6.07 Å². The number of hydrogen-bond donors (Lipinski definition) is 1. The highest BCUT2D eigenvalue weighted by atomic mass is 35.5. The number of unbranched alkanes of at least 4 members (excludes halogenated alkanes) is 2. The number of nitrogens with one attached hydrogen (secondary N) is 1. The zero-order chi connectivity index (χ0) is 13.6. The summed E-state index contributed by atoms with van der Waals surface area (Å²) in [6.45, 7) is 3.97. The number of nitrogens with zero attached hydrogens (tertiary/aromatic N) is 1. The summed E-state index contributed by atoms with van der Waals surface area (Å²) < 4.78 is 26.7. The molecular formula is C12H19ClN2O2S. The van der Waals surface area contributed by atoms with Gasteiger partial charge in [0.15, 0.2) is 0 Å². The van der Waals surface area contributed by atoms with Gasteiger partial charge < -0.3 is 0 Å². The third-order valence-corrected chi connectivity index (χ3v) is 4.65. The van der Waals surface area contributed by atoms with Crippen molar-refractivity contribution in [1.82, 2.24) is 9.71 Å². The minimum atomic E-state index is -3.57. The number of pyridine rings is 1. The Morgan fingerprint density at radius 2 is 2.17 bits per heavy atom. The fourth-order valence-corrected chi connectivity index (χ4v) is 3.39. The largest absolute Gasteiger partial charge is 0.243 e. The molecule has 1 unspecified atom stereocenters. The number of aromatic nitrogens is 1. The predicted molar refractivity (Wildman–Crippen MR) is 73.2 cm³/mol. The van der Waals surface area contributed by atoms with E-state index in [0.29, 0.717) is 0 Å². The molecule has 4 nitrogen and oxygen atoms in total. The van der Waals surface area contributed by atoms with Crippen LogP contribution in [-0.2, 0) is 10.0 Å². The van der Waals surface area contributed by atoms with Gasteiger partial charge in [0, 0.05) is 12.2 Å². The second-order valence-corrected chi connectivity index (χ2v) is 6.35. The van der Waals surface area contributed by atoms with Crippen LogP contribution in [0, 0.1) is 0 Å². The summed E-state index contributed by atoms with van der Waals surface area (Å²) in [5.41, 5.74) is 0. The molecule has 6 heteroatoms. The molecule has 0 saturated heterocycles. The highest BCUT2D eigenvalue weighted by Crippen LogP contribution is 2.18.